The molecule has 2 aromatic carbocycles. The van der Waals surface area contributed by atoms with Crippen molar-refractivity contribution in [2.75, 3.05) is 24.4 Å². The first-order valence-corrected chi connectivity index (χ1v) is 12.3. The molecule has 0 saturated heterocycles. The summed E-state index contributed by atoms with van der Waals surface area (Å²) in [5.41, 5.74) is 7.75. The maximum absolute atomic E-state index is 12.7. The fourth-order valence-electron chi connectivity index (χ4n) is 2.84. The van der Waals surface area contributed by atoms with Crippen LogP contribution in [0.2, 0.25) is 5.02 Å². The minimum atomic E-state index is -2.45. The van der Waals surface area contributed by atoms with E-state index in [0.29, 0.717) is 27.3 Å². The van der Waals surface area contributed by atoms with E-state index < -0.39 is 7.14 Å². The molecule has 3 aromatic rings. The lowest BCUT2D eigenvalue weighted by Gasteiger charge is -2.17. The van der Waals surface area contributed by atoms with E-state index in [2.05, 4.69) is 10.3 Å². The number of amides is 1. The summed E-state index contributed by atoms with van der Waals surface area (Å²) in [5.74, 6) is 0.365. The quantitative estimate of drug-likeness (QED) is 0.525. The summed E-state index contributed by atoms with van der Waals surface area (Å²) in [6, 6.07) is 15.8. The molecule has 3 rings (SSSR count). The predicted octanol–water partition coefficient (Wildman–Crippen LogP) is 4.96. The first-order chi connectivity index (χ1) is 14.1. The molecule has 0 fully saturated rings. The van der Waals surface area contributed by atoms with E-state index in [1.807, 2.05) is 25.1 Å². The van der Waals surface area contributed by atoms with Crippen molar-refractivity contribution >= 4 is 41.5 Å². The van der Waals surface area contributed by atoms with Crippen molar-refractivity contribution in [2.24, 2.45) is 0 Å². The van der Waals surface area contributed by atoms with Crippen molar-refractivity contribution in [3.63, 3.8) is 0 Å². The maximum Gasteiger partial charge on any atom is 0.255 e. The zero-order valence-electron chi connectivity index (χ0n) is 16.9. The lowest BCUT2D eigenvalue weighted by molar-refractivity contribution is 0.102. The van der Waals surface area contributed by atoms with Crippen LogP contribution in [-0.4, -0.2) is 24.2 Å². The first-order valence-electron chi connectivity index (χ1n) is 9.28. The molecular formula is C22H23ClN3O3P. The van der Waals surface area contributed by atoms with Gasteiger partial charge in [-0.3, -0.25) is 4.79 Å². The maximum atomic E-state index is 12.7. The molecule has 0 saturated carbocycles. The zero-order chi connectivity index (χ0) is 21.9. The van der Waals surface area contributed by atoms with Gasteiger partial charge in [0.1, 0.15) is 13.2 Å². The second-order valence-corrected chi connectivity index (χ2v) is 10.9. The van der Waals surface area contributed by atoms with Crippen molar-refractivity contribution in [1.82, 2.24) is 4.98 Å². The number of ether oxygens (including phenoxy) is 1. The van der Waals surface area contributed by atoms with Gasteiger partial charge < -0.3 is 20.4 Å². The number of nitrogen functional groups attached to an aromatic ring is 1. The number of carbonyl (C=O) groups excluding carboxylic acids is 1. The number of anilines is 2. The number of nitrogens with two attached hydrogens (primary N) is 1. The number of benzene rings is 2. The van der Waals surface area contributed by atoms with Crippen molar-refractivity contribution in [1.29, 1.82) is 0 Å². The molecule has 156 valence electrons. The van der Waals surface area contributed by atoms with Crippen molar-refractivity contribution in [3.05, 3.63) is 76.9 Å². The number of nitrogens with one attached hydrogen (secondary N) is 1. The summed E-state index contributed by atoms with van der Waals surface area (Å²) >= 11 is 5.96. The first kappa shape index (κ1) is 21.9. The molecule has 1 amide bonds. The number of rotatable bonds is 6. The van der Waals surface area contributed by atoms with Crippen LogP contribution in [0.4, 0.5) is 11.5 Å². The molecule has 3 N–H and O–H groups in total. The Balaban J connectivity index is 1.76. The van der Waals surface area contributed by atoms with E-state index in [1.54, 1.807) is 49.7 Å². The molecule has 0 spiro atoms. The van der Waals surface area contributed by atoms with E-state index in [4.69, 9.17) is 22.1 Å². The number of hydrogen-bond acceptors (Lipinski definition) is 5. The van der Waals surface area contributed by atoms with Crippen molar-refractivity contribution < 1.29 is 14.1 Å². The normalized spacial score (nSPS) is 12.3. The Morgan fingerprint density at radius 3 is 2.63 bits per heavy atom. The van der Waals surface area contributed by atoms with Crippen LogP contribution in [0.1, 0.15) is 28.9 Å². The Hall–Kier alpha value is -2.82. The lowest BCUT2D eigenvalue weighted by atomic mass is 10.1. The number of hydrogen-bond donors (Lipinski definition) is 2. The van der Waals surface area contributed by atoms with Gasteiger partial charge in [0, 0.05) is 28.8 Å². The second-order valence-electron chi connectivity index (χ2n) is 7.28. The Bertz CT molecular complexity index is 1130. The predicted molar refractivity (Wildman–Crippen MR) is 123 cm³/mol. The topological polar surface area (TPSA) is 94.3 Å². The number of halogens is 1. The smallest absolute Gasteiger partial charge is 0.255 e. The second kappa shape index (κ2) is 8.90. The third kappa shape index (κ3) is 5.41. The summed E-state index contributed by atoms with van der Waals surface area (Å²) in [6.07, 6.45) is 1.11. The Kier molecular flexibility index (Phi) is 6.49. The Morgan fingerprint density at radius 1 is 1.17 bits per heavy atom. The molecule has 0 bridgehead atoms. The highest BCUT2D eigenvalue weighted by atomic mass is 35.5. The van der Waals surface area contributed by atoms with Gasteiger partial charge in [0.05, 0.1) is 5.02 Å². The molecule has 1 heterocycles. The van der Waals surface area contributed by atoms with E-state index in [1.165, 1.54) is 6.20 Å². The SMILES string of the molecule is CC(Oc1cc(Cl)cnc1N)c1cccc(NC(=O)c2cccc(P(C)(C)=O)c2)c1. The van der Waals surface area contributed by atoms with Gasteiger partial charge in [-0.15, -0.1) is 0 Å². The van der Waals surface area contributed by atoms with Gasteiger partial charge in [-0.2, -0.15) is 0 Å². The largest absolute Gasteiger partial charge is 0.482 e. The number of aromatic nitrogens is 1. The third-order valence-corrected chi connectivity index (χ3v) is 6.22. The van der Waals surface area contributed by atoms with Crippen LogP contribution < -0.4 is 21.1 Å². The Labute approximate surface area is 180 Å². The van der Waals surface area contributed by atoms with Gasteiger partial charge in [0.2, 0.25) is 0 Å². The fourth-order valence-corrected chi connectivity index (χ4v) is 3.88. The summed E-state index contributed by atoms with van der Waals surface area (Å²) < 4.78 is 18.2. The number of pyridine rings is 1. The van der Waals surface area contributed by atoms with E-state index in [0.717, 1.165) is 5.56 Å². The number of carbonyl (C=O) groups is 1. The standard InChI is InChI=1S/C22H23ClN3O3P/c1-14(29-20-12-17(23)13-25-21(20)24)15-6-4-8-18(10-15)26-22(27)16-7-5-9-19(11-16)30(2,3)28/h4-14H,1-3H3,(H2,24,25)(H,26,27). The van der Waals surface area contributed by atoms with Gasteiger partial charge >= 0.3 is 0 Å². The molecular weight excluding hydrogens is 421 g/mol. The lowest BCUT2D eigenvalue weighted by Crippen LogP contribution is -2.15. The van der Waals surface area contributed by atoms with Gasteiger partial charge in [-0.1, -0.05) is 35.9 Å². The third-order valence-electron chi connectivity index (χ3n) is 4.50. The summed E-state index contributed by atoms with van der Waals surface area (Å²) in [5, 5.41) is 3.97. The molecule has 8 heteroatoms. The van der Waals surface area contributed by atoms with E-state index in [-0.39, 0.29) is 17.8 Å². The van der Waals surface area contributed by atoms with Crippen LogP contribution in [-0.2, 0) is 4.57 Å². The molecule has 1 atom stereocenters. The van der Waals surface area contributed by atoms with Gasteiger partial charge in [0.25, 0.3) is 5.91 Å². The van der Waals surface area contributed by atoms with Crippen LogP contribution >= 0.6 is 18.7 Å². The van der Waals surface area contributed by atoms with Crippen LogP contribution in [0.15, 0.2) is 60.8 Å². The minimum absolute atomic E-state index is 0.250. The fraction of sp³-hybridized carbons (Fsp3) is 0.182. The average Bonchev–Trinajstić information content (AvgIpc) is 2.70. The average molecular weight is 444 g/mol. The summed E-state index contributed by atoms with van der Waals surface area (Å²) in [4.78, 5) is 16.7. The number of nitrogens with zero attached hydrogens (tertiary/aromatic N) is 1. The van der Waals surface area contributed by atoms with Crippen molar-refractivity contribution in [2.45, 2.75) is 13.0 Å². The highest BCUT2D eigenvalue weighted by molar-refractivity contribution is 7.70. The van der Waals surface area contributed by atoms with Crippen LogP contribution in [0.5, 0.6) is 5.75 Å². The highest BCUT2D eigenvalue weighted by Crippen LogP contribution is 2.34. The monoisotopic (exact) mass is 443 g/mol. The van der Waals surface area contributed by atoms with Crippen LogP contribution in [0.3, 0.4) is 0 Å². The molecule has 0 radical (unpaired) electrons. The molecule has 1 aromatic heterocycles. The molecule has 0 aliphatic carbocycles. The van der Waals surface area contributed by atoms with Crippen LogP contribution in [0.25, 0.3) is 0 Å². The van der Waals surface area contributed by atoms with Gasteiger partial charge in [0.15, 0.2) is 11.6 Å². The molecule has 1 unspecified atom stereocenters. The highest BCUT2D eigenvalue weighted by Gasteiger charge is 2.15. The van der Waals surface area contributed by atoms with E-state index in [9.17, 15) is 9.36 Å². The molecule has 0 aliphatic rings. The van der Waals surface area contributed by atoms with E-state index >= 15 is 0 Å². The molecule has 30 heavy (non-hydrogen) atoms. The summed E-state index contributed by atoms with van der Waals surface area (Å²) in [6.45, 7) is 5.22. The Morgan fingerprint density at radius 2 is 1.90 bits per heavy atom. The zero-order valence-corrected chi connectivity index (χ0v) is 18.6. The van der Waals surface area contributed by atoms with Gasteiger partial charge in [-0.25, -0.2) is 4.98 Å². The van der Waals surface area contributed by atoms with Crippen LogP contribution in [0, 0.1) is 0 Å². The van der Waals surface area contributed by atoms with Crippen molar-refractivity contribution in [3.8, 4) is 5.75 Å². The van der Waals surface area contributed by atoms with Gasteiger partial charge in [-0.05, 0) is 50.1 Å². The summed E-state index contributed by atoms with van der Waals surface area (Å²) in [7, 11) is -2.45. The molecule has 0 aliphatic heterocycles. The molecule has 6 nitrogen and oxygen atoms in total. The minimum Gasteiger partial charge on any atom is -0.482 e.